The van der Waals surface area contributed by atoms with E-state index in [0.717, 1.165) is 110 Å². The molecule has 0 unspecified atom stereocenters. The van der Waals surface area contributed by atoms with Crippen molar-refractivity contribution in [3.05, 3.63) is 84.9 Å². The lowest BCUT2D eigenvalue weighted by Crippen LogP contribution is -2.47. The molecule has 8 heteroatoms. The fourth-order valence-electron chi connectivity index (χ4n) is 6.55. The second-order valence-electron chi connectivity index (χ2n) is 11.8. The summed E-state index contributed by atoms with van der Waals surface area (Å²) in [4.78, 5) is 19.9. The van der Waals surface area contributed by atoms with Crippen molar-refractivity contribution >= 4 is 33.2 Å². The molecule has 3 heterocycles. The normalized spacial score (nSPS) is 16.7. The third-order valence-electron chi connectivity index (χ3n) is 9.12. The molecule has 0 saturated carbocycles. The first-order valence-corrected chi connectivity index (χ1v) is 15.8. The van der Waals surface area contributed by atoms with Crippen LogP contribution in [-0.4, -0.2) is 109 Å². The van der Waals surface area contributed by atoms with E-state index in [1.807, 2.05) is 0 Å². The number of piperazine rings is 2. The fraction of sp³-hybridized carbons (Fsp3) is 0.333. The van der Waals surface area contributed by atoms with Crippen molar-refractivity contribution in [1.29, 1.82) is 0 Å². The predicted molar refractivity (Wildman–Crippen MR) is 179 cm³/mol. The van der Waals surface area contributed by atoms with Gasteiger partial charge in [-0.05, 0) is 47.2 Å². The Kier molecular flexibility index (Phi) is 8.39. The van der Waals surface area contributed by atoms with E-state index in [1.54, 1.807) is 0 Å². The summed E-state index contributed by atoms with van der Waals surface area (Å²) in [6, 6.07) is 30.2. The summed E-state index contributed by atoms with van der Waals surface area (Å²) in [5.74, 6) is 0. The Morgan fingerprint density at radius 3 is 1.25 bits per heavy atom. The van der Waals surface area contributed by atoms with Gasteiger partial charge in [0.05, 0.1) is 35.6 Å². The van der Waals surface area contributed by atoms with Crippen molar-refractivity contribution in [2.75, 3.05) is 88.5 Å². The van der Waals surface area contributed by atoms with Gasteiger partial charge in [-0.3, -0.25) is 9.80 Å². The minimum absolute atomic E-state index is 0.213. The number of benzene rings is 4. The molecule has 2 fully saturated rings. The number of fused-ring (bicyclic) bond motifs is 2. The Bertz CT molecular complexity index is 1580. The fourth-order valence-corrected chi connectivity index (χ4v) is 6.55. The van der Waals surface area contributed by atoms with Crippen LogP contribution in [0.4, 0.5) is 11.4 Å². The molecule has 0 atom stereocenters. The molecule has 5 aromatic rings. The molecule has 1 aromatic heterocycles. The van der Waals surface area contributed by atoms with Gasteiger partial charge in [0.25, 0.3) is 0 Å². The SMILES string of the molecule is OCCN1CCN(c2ccc(-c3nc4cc5ccccc5cc4nc3-c3ccc(N4CCN(CCO)CC4)cc3)cc2)CC1. The van der Waals surface area contributed by atoms with E-state index in [2.05, 4.69) is 105 Å². The lowest BCUT2D eigenvalue weighted by molar-refractivity contribution is 0.188. The highest BCUT2D eigenvalue weighted by atomic mass is 16.3. The number of anilines is 2. The smallest absolute Gasteiger partial charge is 0.0973 e. The number of rotatable bonds is 8. The van der Waals surface area contributed by atoms with Gasteiger partial charge in [-0.25, -0.2) is 9.97 Å². The van der Waals surface area contributed by atoms with E-state index in [1.165, 1.54) is 11.4 Å². The van der Waals surface area contributed by atoms with Crippen LogP contribution < -0.4 is 9.80 Å². The number of aliphatic hydroxyl groups excluding tert-OH is 2. The Hall–Kier alpha value is -4.08. The number of aromatic nitrogens is 2. The van der Waals surface area contributed by atoms with Crippen molar-refractivity contribution in [2.45, 2.75) is 0 Å². The number of nitrogens with zero attached hydrogens (tertiary/aromatic N) is 6. The standard InChI is InChI=1S/C36H40N6O2/c43-23-21-39-13-17-41(18-14-39)31-9-5-27(6-10-31)35-36(38-34-26-30-4-2-1-3-29(30)25-33(34)37-35)28-7-11-32(12-8-28)42-19-15-40(16-20-42)22-24-44/h1-12,25-26,43-44H,13-24H2. The third kappa shape index (κ3) is 5.99. The molecule has 8 nitrogen and oxygen atoms in total. The summed E-state index contributed by atoms with van der Waals surface area (Å²) in [5.41, 5.74) is 8.08. The summed E-state index contributed by atoms with van der Waals surface area (Å²) >= 11 is 0. The van der Waals surface area contributed by atoms with Crippen LogP contribution in [0.25, 0.3) is 44.3 Å². The minimum atomic E-state index is 0.213. The summed E-state index contributed by atoms with van der Waals surface area (Å²) in [6.07, 6.45) is 0. The van der Waals surface area contributed by atoms with E-state index in [4.69, 9.17) is 9.97 Å². The number of aliphatic hydroxyl groups is 2. The Balaban J connectivity index is 1.21. The first-order valence-electron chi connectivity index (χ1n) is 15.8. The van der Waals surface area contributed by atoms with Crippen LogP contribution in [-0.2, 0) is 0 Å². The van der Waals surface area contributed by atoms with Gasteiger partial charge in [-0.15, -0.1) is 0 Å². The van der Waals surface area contributed by atoms with Crippen molar-refractivity contribution in [3.8, 4) is 22.5 Å². The van der Waals surface area contributed by atoms with E-state index >= 15 is 0 Å². The molecule has 2 aliphatic heterocycles. The Labute approximate surface area is 258 Å². The molecule has 2 saturated heterocycles. The third-order valence-corrected chi connectivity index (χ3v) is 9.12. The van der Waals surface area contributed by atoms with Crippen molar-refractivity contribution in [2.24, 2.45) is 0 Å². The van der Waals surface area contributed by atoms with Crippen molar-refractivity contribution < 1.29 is 10.2 Å². The van der Waals surface area contributed by atoms with Gasteiger partial charge in [0.15, 0.2) is 0 Å². The van der Waals surface area contributed by atoms with Gasteiger partial charge in [-0.2, -0.15) is 0 Å². The summed E-state index contributed by atoms with van der Waals surface area (Å²) in [6.45, 7) is 9.59. The van der Waals surface area contributed by atoms with E-state index in [9.17, 15) is 10.2 Å². The van der Waals surface area contributed by atoms with Crippen LogP contribution in [0.1, 0.15) is 0 Å². The second-order valence-corrected chi connectivity index (χ2v) is 11.8. The molecular formula is C36H40N6O2. The van der Waals surface area contributed by atoms with Crippen LogP contribution in [0.5, 0.6) is 0 Å². The second kappa shape index (κ2) is 12.9. The van der Waals surface area contributed by atoms with Gasteiger partial charge in [0.2, 0.25) is 0 Å². The van der Waals surface area contributed by atoms with E-state index in [0.29, 0.717) is 0 Å². The van der Waals surface area contributed by atoms with Crippen LogP contribution in [0, 0.1) is 0 Å². The van der Waals surface area contributed by atoms with Gasteiger partial charge in [0.1, 0.15) is 0 Å². The maximum Gasteiger partial charge on any atom is 0.0973 e. The molecule has 7 rings (SSSR count). The molecule has 226 valence electrons. The highest BCUT2D eigenvalue weighted by Crippen LogP contribution is 2.34. The topological polar surface area (TPSA) is 79.2 Å². The molecule has 0 amide bonds. The average Bonchev–Trinajstić information content (AvgIpc) is 3.08. The Morgan fingerprint density at radius 1 is 0.500 bits per heavy atom. The van der Waals surface area contributed by atoms with Gasteiger partial charge in [0, 0.05) is 87.9 Å². The van der Waals surface area contributed by atoms with Crippen molar-refractivity contribution in [3.63, 3.8) is 0 Å². The molecule has 0 bridgehead atoms. The van der Waals surface area contributed by atoms with Gasteiger partial charge >= 0.3 is 0 Å². The lowest BCUT2D eigenvalue weighted by Gasteiger charge is -2.35. The predicted octanol–water partition coefficient (Wildman–Crippen LogP) is 4.35. The first-order chi connectivity index (χ1) is 21.7. The molecular weight excluding hydrogens is 548 g/mol. The lowest BCUT2D eigenvalue weighted by atomic mass is 10.0. The zero-order valence-electron chi connectivity index (χ0n) is 25.1. The summed E-state index contributed by atoms with van der Waals surface area (Å²) < 4.78 is 0. The monoisotopic (exact) mass is 588 g/mol. The summed E-state index contributed by atoms with van der Waals surface area (Å²) in [5, 5.41) is 20.9. The molecule has 44 heavy (non-hydrogen) atoms. The van der Waals surface area contributed by atoms with Crippen LogP contribution in [0.15, 0.2) is 84.9 Å². The van der Waals surface area contributed by atoms with Crippen LogP contribution in [0.2, 0.25) is 0 Å². The minimum Gasteiger partial charge on any atom is -0.395 e. The molecule has 0 spiro atoms. The number of hydrogen-bond donors (Lipinski definition) is 2. The van der Waals surface area contributed by atoms with Crippen LogP contribution in [0.3, 0.4) is 0 Å². The average molecular weight is 589 g/mol. The molecule has 2 N–H and O–H groups in total. The number of β-amino-alcohol motifs (C(OH)–C–C–N with tert-alkyl or cyclic N) is 2. The zero-order chi connectivity index (χ0) is 29.9. The number of hydrogen-bond acceptors (Lipinski definition) is 8. The highest BCUT2D eigenvalue weighted by molar-refractivity contribution is 5.97. The largest absolute Gasteiger partial charge is 0.395 e. The Morgan fingerprint density at radius 2 is 0.886 bits per heavy atom. The maximum absolute atomic E-state index is 9.28. The highest BCUT2D eigenvalue weighted by Gasteiger charge is 2.20. The molecule has 0 radical (unpaired) electrons. The molecule has 4 aromatic carbocycles. The van der Waals surface area contributed by atoms with Crippen LogP contribution >= 0.6 is 0 Å². The first kappa shape index (κ1) is 28.7. The van der Waals surface area contributed by atoms with Gasteiger partial charge in [-0.1, -0.05) is 48.5 Å². The van der Waals surface area contributed by atoms with Gasteiger partial charge < -0.3 is 20.0 Å². The van der Waals surface area contributed by atoms with Crippen molar-refractivity contribution in [1.82, 2.24) is 19.8 Å². The maximum atomic E-state index is 9.28. The molecule has 2 aliphatic rings. The summed E-state index contributed by atoms with van der Waals surface area (Å²) in [7, 11) is 0. The van der Waals surface area contributed by atoms with E-state index < -0.39 is 0 Å². The van der Waals surface area contributed by atoms with E-state index in [-0.39, 0.29) is 13.2 Å². The molecule has 0 aliphatic carbocycles. The zero-order valence-corrected chi connectivity index (χ0v) is 25.1. The quantitative estimate of drug-likeness (QED) is 0.259.